The Kier molecular flexibility index (Phi) is 7.15. The monoisotopic (exact) mass is 523 g/mol. The van der Waals surface area contributed by atoms with Crippen LogP contribution < -0.4 is 5.32 Å². The highest BCUT2D eigenvalue weighted by Crippen LogP contribution is 2.37. The Balaban J connectivity index is 1.19. The number of urea groups is 1. The van der Waals surface area contributed by atoms with Crippen molar-refractivity contribution in [2.45, 2.75) is 12.5 Å². The summed E-state index contributed by atoms with van der Waals surface area (Å²) in [6.45, 7) is 2.51. The second kappa shape index (κ2) is 10.7. The van der Waals surface area contributed by atoms with Gasteiger partial charge in [0, 0.05) is 55.4 Å². The predicted molar refractivity (Wildman–Crippen MR) is 138 cm³/mol. The number of amides is 3. The number of carbonyl (C=O) groups is 2. The van der Waals surface area contributed by atoms with E-state index in [1.807, 2.05) is 11.4 Å². The molecule has 0 saturated carbocycles. The molecule has 37 heavy (non-hydrogen) atoms. The molecule has 3 aromatic rings. The van der Waals surface area contributed by atoms with Gasteiger partial charge in [-0.3, -0.25) is 19.8 Å². The van der Waals surface area contributed by atoms with E-state index in [1.54, 1.807) is 27.2 Å². The number of piperazine rings is 1. The predicted octanol–water partition coefficient (Wildman–Crippen LogP) is 4.12. The summed E-state index contributed by atoms with van der Waals surface area (Å²) in [7, 11) is 0. The molecule has 3 heterocycles. The Morgan fingerprint density at radius 1 is 1.03 bits per heavy atom. The number of thiophene rings is 1. The van der Waals surface area contributed by atoms with Crippen LogP contribution in [0.3, 0.4) is 0 Å². The topological polar surface area (TPSA) is 99.0 Å². The van der Waals surface area contributed by atoms with Crippen LogP contribution in [0.2, 0.25) is 0 Å². The first-order valence-corrected chi connectivity index (χ1v) is 12.9. The van der Waals surface area contributed by atoms with E-state index in [2.05, 4.69) is 16.3 Å². The lowest BCUT2D eigenvalue weighted by Crippen LogP contribution is -2.54. The maximum atomic E-state index is 14.0. The number of fused-ring (bicyclic) bond motifs is 1. The number of hydrogen-bond donors (Lipinski definition) is 1. The van der Waals surface area contributed by atoms with Crippen LogP contribution in [0.15, 0.2) is 60.0 Å². The van der Waals surface area contributed by atoms with Crippen molar-refractivity contribution in [2.75, 3.05) is 44.6 Å². The number of nitro benzene ring substituents is 1. The molecule has 1 fully saturated rings. The highest BCUT2D eigenvalue weighted by molar-refractivity contribution is 7.10. The third kappa shape index (κ3) is 5.47. The lowest BCUT2D eigenvalue weighted by Gasteiger charge is -2.39. The van der Waals surface area contributed by atoms with Crippen molar-refractivity contribution in [3.05, 3.63) is 91.9 Å². The molecule has 3 amide bonds. The molecule has 1 aromatic heterocycles. The van der Waals surface area contributed by atoms with Crippen LogP contribution in [-0.4, -0.2) is 70.8 Å². The van der Waals surface area contributed by atoms with E-state index >= 15 is 0 Å². The van der Waals surface area contributed by atoms with Crippen LogP contribution in [0.5, 0.6) is 0 Å². The molecule has 0 spiro atoms. The lowest BCUT2D eigenvalue weighted by molar-refractivity contribution is -0.384. The zero-order valence-electron chi connectivity index (χ0n) is 20.0. The van der Waals surface area contributed by atoms with Gasteiger partial charge in [0.1, 0.15) is 5.82 Å². The van der Waals surface area contributed by atoms with Gasteiger partial charge in [-0.2, -0.15) is 0 Å². The summed E-state index contributed by atoms with van der Waals surface area (Å²) in [4.78, 5) is 43.0. The number of rotatable bonds is 5. The van der Waals surface area contributed by atoms with Crippen molar-refractivity contribution in [3.8, 4) is 0 Å². The van der Waals surface area contributed by atoms with Gasteiger partial charge in [-0.15, -0.1) is 11.3 Å². The molecule has 0 unspecified atom stereocenters. The summed E-state index contributed by atoms with van der Waals surface area (Å²) in [5, 5.41) is 15.6. The fraction of sp³-hybridized carbons (Fsp3) is 0.308. The van der Waals surface area contributed by atoms with E-state index < -0.39 is 4.92 Å². The zero-order chi connectivity index (χ0) is 25.9. The Morgan fingerprint density at radius 3 is 2.46 bits per heavy atom. The molecule has 1 atom stereocenters. The molecule has 2 aromatic carbocycles. The number of carbonyl (C=O) groups excluding carboxylic acids is 2. The highest BCUT2D eigenvalue weighted by Gasteiger charge is 2.33. The van der Waals surface area contributed by atoms with Crippen LogP contribution in [-0.2, 0) is 11.2 Å². The van der Waals surface area contributed by atoms with Crippen molar-refractivity contribution in [3.63, 3.8) is 0 Å². The molecule has 5 rings (SSSR count). The Bertz CT molecular complexity index is 1310. The SMILES string of the molecule is O=C(CN1CCc2sccc2[C@H]1c1cccc(F)c1)N1CCN(C(=O)Nc2ccc([N+](=O)[O-])cc2)CC1. The van der Waals surface area contributed by atoms with Crippen molar-refractivity contribution in [2.24, 2.45) is 0 Å². The Morgan fingerprint density at radius 2 is 1.76 bits per heavy atom. The second-order valence-corrected chi connectivity index (χ2v) is 10.1. The van der Waals surface area contributed by atoms with E-state index in [4.69, 9.17) is 0 Å². The van der Waals surface area contributed by atoms with Crippen LogP contribution >= 0.6 is 11.3 Å². The second-order valence-electron chi connectivity index (χ2n) is 9.08. The van der Waals surface area contributed by atoms with Gasteiger partial charge in [0.15, 0.2) is 0 Å². The molecule has 9 nitrogen and oxygen atoms in total. The Labute approximate surface area is 217 Å². The Hall–Kier alpha value is -3.83. The summed E-state index contributed by atoms with van der Waals surface area (Å²) in [5.74, 6) is -0.315. The maximum Gasteiger partial charge on any atom is 0.321 e. The van der Waals surface area contributed by atoms with Crippen LogP contribution in [0.25, 0.3) is 0 Å². The fourth-order valence-electron chi connectivity index (χ4n) is 4.91. The molecular formula is C26H26FN5O4S. The largest absolute Gasteiger partial charge is 0.338 e. The van der Waals surface area contributed by atoms with E-state index in [0.29, 0.717) is 38.4 Å². The third-order valence-corrected chi connectivity index (χ3v) is 7.81. The fourth-order valence-corrected chi connectivity index (χ4v) is 5.81. The van der Waals surface area contributed by atoms with Gasteiger partial charge in [0.25, 0.3) is 5.69 Å². The van der Waals surface area contributed by atoms with Gasteiger partial charge in [-0.25, -0.2) is 9.18 Å². The number of nitro groups is 1. The average Bonchev–Trinajstić information content (AvgIpc) is 3.38. The number of nitrogens with one attached hydrogen (secondary N) is 1. The maximum absolute atomic E-state index is 14.0. The molecule has 1 saturated heterocycles. The number of anilines is 1. The van der Waals surface area contributed by atoms with Gasteiger partial charge in [0.05, 0.1) is 17.5 Å². The number of nitrogens with zero attached hydrogens (tertiary/aromatic N) is 4. The minimum atomic E-state index is -0.495. The molecule has 0 aliphatic carbocycles. The van der Waals surface area contributed by atoms with Gasteiger partial charge >= 0.3 is 6.03 Å². The van der Waals surface area contributed by atoms with Crippen LogP contribution in [0, 0.1) is 15.9 Å². The number of non-ortho nitro benzene ring substituents is 1. The minimum Gasteiger partial charge on any atom is -0.338 e. The van der Waals surface area contributed by atoms with Crippen LogP contribution in [0.1, 0.15) is 22.0 Å². The van der Waals surface area contributed by atoms with E-state index in [-0.39, 0.29) is 36.0 Å². The van der Waals surface area contributed by atoms with Gasteiger partial charge in [-0.1, -0.05) is 12.1 Å². The lowest BCUT2D eigenvalue weighted by atomic mass is 9.93. The molecule has 0 bridgehead atoms. The first kappa shape index (κ1) is 24.8. The summed E-state index contributed by atoms with van der Waals surface area (Å²) in [6, 6.07) is 13.8. The summed E-state index contributed by atoms with van der Waals surface area (Å²) in [5.41, 5.74) is 2.38. The molecule has 0 radical (unpaired) electrons. The van der Waals surface area contributed by atoms with Crippen molar-refractivity contribution >= 4 is 34.6 Å². The first-order chi connectivity index (χ1) is 17.9. The molecule has 2 aliphatic rings. The normalized spacial score (nSPS) is 17.8. The van der Waals surface area contributed by atoms with Gasteiger partial charge in [-0.05, 0) is 53.3 Å². The highest BCUT2D eigenvalue weighted by atomic mass is 32.1. The first-order valence-electron chi connectivity index (χ1n) is 12.0. The van der Waals surface area contributed by atoms with E-state index in [9.17, 15) is 24.1 Å². The van der Waals surface area contributed by atoms with Gasteiger partial charge in [0.2, 0.25) is 5.91 Å². The molecule has 11 heteroatoms. The van der Waals surface area contributed by atoms with Gasteiger partial charge < -0.3 is 15.1 Å². The molecule has 1 N–H and O–H groups in total. The molecular weight excluding hydrogens is 497 g/mol. The molecule has 192 valence electrons. The minimum absolute atomic E-state index is 0.0180. The van der Waals surface area contributed by atoms with Crippen molar-refractivity contribution in [1.29, 1.82) is 0 Å². The summed E-state index contributed by atoms with van der Waals surface area (Å²) < 4.78 is 14.0. The number of halogens is 1. The quantitative estimate of drug-likeness (QED) is 0.401. The summed E-state index contributed by atoms with van der Waals surface area (Å²) >= 11 is 1.69. The van der Waals surface area contributed by atoms with Crippen LogP contribution in [0.4, 0.5) is 20.6 Å². The van der Waals surface area contributed by atoms with Crippen molar-refractivity contribution < 1.29 is 18.9 Å². The zero-order valence-corrected chi connectivity index (χ0v) is 20.8. The van der Waals surface area contributed by atoms with E-state index in [1.165, 1.54) is 41.3 Å². The number of hydrogen-bond acceptors (Lipinski definition) is 6. The standard InChI is InChI=1S/C26H26FN5O4S/c27-19-3-1-2-18(16-19)25-22-9-15-37-23(22)8-10-31(25)17-24(33)29-11-13-30(14-12-29)26(34)28-20-4-6-21(7-5-20)32(35)36/h1-7,9,15-16,25H,8,10-14,17H2,(H,28,34)/t25-/m1/s1. The molecule has 2 aliphatic heterocycles. The smallest absolute Gasteiger partial charge is 0.321 e. The third-order valence-electron chi connectivity index (χ3n) is 6.82. The van der Waals surface area contributed by atoms with E-state index in [0.717, 1.165) is 17.5 Å². The van der Waals surface area contributed by atoms with Crippen molar-refractivity contribution in [1.82, 2.24) is 14.7 Å². The average molecular weight is 524 g/mol. The number of benzene rings is 2. The summed E-state index contributed by atoms with van der Waals surface area (Å²) in [6.07, 6.45) is 0.850.